The highest BCUT2D eigenvalue weighted by Gasteiger charge is 2.25. The van der Waals surface area contributed by atoms with Crippen LogP contribution in [0.5, 0.6) is 0 Å². The molecule has 2 fully saturated rings. The molecule has 0 atom stereocenters. The lowest BCUT2D eigenvalue weighted by atomic mass is 9.90. The van der Waals surface area contributed by atoms with Crippen LogP contribution < -0.4 is 10.6 Å². The zero-order chi connectivity index (χ0) is 17.1. The second-order valence-electron chi connectivity index (χ2n) is 7.61. The predicted molar refractivity (Wildman–Crippen MR) is 99.4 cm³/mol. The number of amides is 1. The van der Waals surface area contributed by atoms with Gasteiger partial charge in [0.05, 0.1) is 0 Å². The van der Waals surface area contributed by atoms with E-state index in [-0.39, 0.29) is 5.91 Å². The topological polar surface area (TPSA) is 59.0 Å². The Labute approximate surface area is 149 Å². The minimum Gasteiger partial charge on any atom is -0.353 e. The molecule has 5 heteroatoms. The summed E-state index contributed by atoms with van der Waals surface area (Å²) in [4.78, 5) is 16.9. The van der Waals surface area contributed by atoms with E-state index in [0.717, 1.165) is 57.3 Å². The molecule has 1 saturated heterocycles. The highest BCUT2D eigenvalue weighted by Crippen LogP contribution is 2.31. The summed E-state index contributed by atoms with van der Waals surface area (Å²) in [5.74, 6) is 0.818. The summed E-state index contributed by atoms with van der Waals surface area (Å²) in [7, 11) is 0. The summed E-state index contributed by atoms with van der Waals surface area (Å²) >= 11 is 0. The number of carbonyl (C=O) groups is 1. The first-order valence-corrected chi connectivity index (χ1v) is 9.71. The van der Waals surface area contributed by atoms with Crippen LogP contribution in [0, 0.1) is 5.92 Å². The van der Waals surface area contributed by atoms with Gasteiger partial charge in [-0.15, -0.1) is 0 Å². The Balaban J connectivity index is 1.28. The molecule has 4 rings (SSSR count). The third kappa shape index (κ3) is 3.87. The summed E-state index contributed by atoms with van der Waals surface area (Å²) in [6, 6.07) is 7.10. The van der Waals surface area contributed by atoms with Gasteiger partial charge < -0.3 is 15.2 Å². The van der Waals surface area contributed by atoms with E-state index in [0.29, 0.717) is 24.4 Å². The smallest absolute Gasteiger partial charge is 0.220 e. The monoisotopic (exact) mass is 340 g/mol. The number of pyridine rings is 1. The molecule has 25 heavy (non-hydrogen) atoms. The van der Waals surface area contributed by atoms with Gasteiger partial charge >= 0.3 is 0 Å². The molecule has 0 spiro atoms. The second-order valence-corrected chi connectivity index (χ2v) is 7.61. The fraction of sp³-hybridized carbons (Fsp3) is 0.600. The number of nitrogens with zero attached hydrogens (tertiary/aromatic N) is 2. The number of piperidine rings is 1. The first kappa shape index (κ1) is 16.6. The highest BCUT2D eigenvalue weighted by atomic mass is 16.1. The quantitative estimate of drug-likeness (QED) is 0.899. The number of hydrogen-bond acceptors (Lipinski definition) is 3. The summed E-state index contributed by atoms with van der Waals surface area (Å²) in [5, 5.41) is 7.85. The van der Waals surface area contributed by atoms with Gasteiger partial charge in [0.1, 0.15) is 5.65 Å². The lowest BCUT2D eigenvalue weighted by Crippen LogP contribution is -2.39. The van der Waals surface area contributed by atoms with Crippen molar-refractivity contribution < 1.29 is 4.79 Å². The zero-order valence-electron chi connectivity index (χ0n) is 14.8. The van der Waals surface area contributed by atoms with Gasteiger partial charge in [0.25, 0.3) is 0 Å². The van der Waals surface area contributed by atoms with Gasteiger partial charge in [0.2, 0.25) is 5.91 Å². The van der Waals surface area contributed by atoms with Crippen LogP contribution >= 0.6 is 0 Å². The molecule has 1 aliphatic heterocycles. The Kier molecular flexibility index (Phi) is 5.02. The predicted octanol–water partition coefficient (Wildman–Crippen LogP) is 3.03. The number of fused-ring (bicyclic) bond motifs is 1. The Bertz CT molecular complexity index is 711. The number of aromatic nitrogens is 2. The standard InChI is InChI=1S/C20H28N4O/c25-19(14-15-7-11-21-12-8-15)23-17-3-5-18(6-4-17)24-13-9-16-2-1-10-22-20(16)24/h1-2,9-10,13,15,17-18,21H,3-8,11-12,14H2,(H,23,25). The molecular formula is C20H28N4O. The molecule has 2 aromatic rings. The number of rotatable bonds is 4. The third-order valence-electron chi connectivity index (χ3n) is 5.86. The highest BCUT2D eigenvalue weighted by molar-refractivity contribution is 5.77. The summed E-state index contributed by atoms with van der Waals surface area (Å²) < 4.78 is 2.32. The van der Waals surface area contributed by atoms with Crippen LogP contribution in [0.4, 0.5) is 0 Å². The van der Waals surface area contributed by atoms with E-state index in [1.54, 1.807) is 0 Å². The first-order valence-electron chi connectivity index (χ1n) is 9.71. The van der Waals surface area contributed by atoms with Crippen LogP contribution in [-0.4, -0.2) is 34.6 Å². The van der Waals surface area contributed by atoms with Crippen molar-refractivity contribution in [3.63, 3.8) is 0 Å². The largest absolute Gasteiger partial charge is 0.353 e. The van der Waals surface area contributed by atoms with Crippen molar-refractivity contribution in [2.24, 2.45) is 5.92 Å². The second kappa shape index (κ2) is 7.56. The summed E-state index contributed by atoms with van der Waals surface area (Å²) in [5.41, 5.74) is 1.08. The van der Waals surface area contributed by atoms with Crippen molar-refractivity contribution in [3.8, 4) is 0 Å². The molecule has 1 aliphatic carbocycles. The molecule has 2 N–H and O–H groups in total. The van der Waals surface area contributed by atoms with E-state index < -0.39 is 0 Å². The van der Waals surface area contributed by atoms with Crippen molar-refractivity contribution in [3.05, 3.63) is 30.6 Å². The Hall–Kier alpha value is -1.88. The van der Waals surface area contributed by atoms with Crippen LogP contribution in [0.1, 0.15) is 51.0 Å². The van der Waals surface area contributed by atoms with Crippen molar-refractivity contribution in [1.29, 1.82) is 0 Å². The SMILES string of the molecule is O=C(CC1CCNCC1)NC1CCC(n2ccc3cccnc32)CC1. The van der Waals surface area contributed by atoms with E-state index in [9.17, 15) is 4.79 Å². The van der Waals surface area contributed by atoms with Gasteiger partial charge in [-0.05, 0) is 75.7 Å². The maximum Gasteiger partial charge on any atom is 0.220 e. The van der Waals surface area contributed by atoms with Crippen LogP contribution in [-0.2, 0) is 4.79 Å². The van der Waals surface area contributed by atoms with E-state index >= 15 is 0 Å². The molecule has 1 amide bonds. The van der Waals surface area contributed by atoms with Crippen molar-refractivity contribution >= 4 is 16.9 Å². The fourth-order valence-electron chi connectivity index (χ4n) is 4.41. The van der Waals surface area contributed by atoms with Crippen molar-refractivity contribution in [2.75, 3.05) is 13.1 Å². The van der Waals surface area contributed by atoms with Crippen molar-refractivity contribution in [1.82, 2.24) is 20.2 Å². The lowest BCUT2D eigenvalue weighted by Gasteiger charge is -2.31. The molecule has 2 aliphatic rings. The van der Waals surface area contributed by atoms with Gasteiger partial charge in [-0.25, -0.2) is 4.98 Å². The van der Waals surface area contributed by atoms with E-state index in [1.807, 2.05) is 12.3 Å². The molecular weight excluding hydrogens is 312 g/mol. The summed E-state index contributed by atoms with van der Waals surface area (Å²) in [6.45, 7) is 2.11. The normalized spacial score (nSPS) is 25.1. The van der Waals surface area contributed by atoms with Gasteiger partial charge in [-0.2, -0.15) is 0 Å². The molecule has 0 radical (unpaired) electrons. The van der Waals surface area contributed by atoms with E-state index in [1.165, 1.54) is 5.39 Å². The Morgan fingerprint density at radius 3 is 2.76 bits per heavy atom. The first-order chi connectivity index (χ1) is 12.3. The van der Waals surface area contributed by atoms with Crippen LogP contribution in [0.3, 0.4) is 0 Å². The minimum absolute atomic E-state index is 0.253. The van der Waals surface area contributed by atoms with Gasteiger partial charge in [-0.1, -0.05) is 0 Å². The van der Waals surface area contributed by atoms with Gasteiger partial charge in [0.15, 0.2) is 0 Å². The number of hydrogen-bond donors (Lipinski definition) is 2. The van der Waals surface area contributed by atoms with Crippen molar-refractivity contribution in [2.45, 2.75) is 57.0 Å². The third-order valence-corrected chi connectivity index (χ3v) is 5.86. The molecule has 3 heterocycles. The molecule has 2 aromatic heterocycles. The Morgan fingerprint density at radius 1 is 1.16 bits per heavy atom. The molecule has 0 unspecified atom stereocenters. The van der Waals surface area contributed by atoms with Crippen LogP contribution in [0.25, 0.3) is 11.0 Å². The average Bonchev–Trinajstić information content (AvgIpc) is 3.07. The zero-order valence-corrected chi connectivity index (χ0v) is 14.8. The maximum absolute atomic E-state index is 12.3. The molecule has 5 nitrogen and oxygen atoms in total. The fourth-order valence-corrected chi connectivity index (χ4v) is 4.41. The molecule has 0 aromatic carbocycles. The van der Waals surface area contributed by atoms with E-state index in [4.69, 9.17) is 0 Å². The minimum atomic E-state index is 0.253. The Morgan fingerprint density at radius 2 is 1.96 bits per heavy atom. The lowest BCUT2D eigenvalue weighted by molar-refractivity contribution is -0.123. The van der Waals surface area contributed by atoms with Crippen LogP contribution in [0.15, 0.2) is 30.6 Å². The summed E-state index contributed by atoms with van der Waals surface area (Å²) in [6.07, 6.45) is 11.3. The molecule has 134 valence electrons. The average molecular weight is 340 g/mol. The van der Waals surface area contributed by atoms with Gasteiger partial charge in [-0.3, -0.25) is 4.79 Å². The van der Waals surface area contributed by atoms with Crippen LogP contribution in [0.2, 0.25) is 0 Å². The van der Waals surface area contributed by atoms with Gasteiger partial charge in [0, 0.05) is 36.3 Å². The number of nitrogens with one attached hydrogen (secondary N) is 2. The molecule has 0 bridgehead atoms. The number of carbonyl (C=O) groups excluding carboxylic acids is 1. The maximum atomic E-state index is 12.3. The van der Waals surface area contributed by atoms with E-state index in [2.05, 4.69) is 38.5 Å². The molecule has 1 saturated carbocycles.